The normalized spacial score (nSPS) is 15.0. The number of carbonyl (C=O) groups is 2. The molecule has 30 heavy (non-hydrogen) atoms. The number of rotatable bonds is 8. The Balaban J connectivity index is 1.58. The van der Waals surface area contributed by atoms with Gasteiger partial charge in [0, 0.05) is 12.2 Å². The van der Waals surface area contributed by atoms with Crippen molar-refractivity contribution in [2.75, 3.05) is 38.2 Å². The van der Waals surface area contributed by atoms with Crippen molar-refractivity contribution in [2.24, 2.45) is 0 Å². The zero-order valence-electron chi connectivity index (χ0n) is 17.5. The molecule has 0 spiro atoms. The summed E-state index contributed by atoms with van der Waals surface area (Å²) in [4.78, 5) is 45.6. The molecule has 0 radical (unpaired) electrons. The highest BCUT2D eigenvalue weighted by atomic mass is 16.5. The minimum atomic E-state index is -0.638. The van der Waals surface area contributed by atoms with E-state index in [1.54, 1.807) is 6.92 Å². The van der Waals surface area contributed by atoms with Gasteiger partial charge in [-0.1, -0.05) is 30.3 Å². The van der Waals surface area contributed by atoms with Crippen LogP contribution in [0.15, 0.2) is 35.1 Å². The van der Waals surface area contributed by atoms with Crippen LogP contribution >= 0.6 is 0 Å². The largest absolute Gasteiger partial charge is 0.465 e. The van der Waals surface area contributed by atoms with Crippen molar-refractivity contribution in [3.05, 3.63) is 57.6 Å². The molecule has 2 heterocycles. The summed E-state index contributed by atoms with van der Waals surface area (Å²) < 4.78 is 4.79. The average Bonchev–Trinajstić information content (AvgIpc) is 2.77. The SMILES string of the molecule is COC(=O)c1c(N(C=O)CCCN2CCC(c3ccccc3)CC2)nc(=O)[nH]c1C. The lowest BCUT2D eigenvalue weighted by Gasteiger charge is -2.32. The van der Waals surface area contributed by atoms with Crippen molar-refractivity contribution in [3.63, 3.8) is 0 Å². The van der Waals surface area contributed by atoms with E-state index in [-0.39, 0.29) is 11.4 Å². The molecule has 1 aromatic carbocycles. The maximum atomic E-state index is 12.1. The molecule has 160 valence electrons. The van der Waals surface area contributed by atoms with Gasteiger partial charge >= 0.3 is 11.7 Å². The number of hydrogen-bond acceptors (Lipinski definition) is 6. The van der Waals surface area contributed by atoms with Crippen LogP contribution in [0, 0.1) is 6.92 Å². The third-order valence-corrected chi connectivity index (χ3v) is 5.62. The Hall–Kier alpha value is -3.00. The number of anilines is 1. The Morgan fingerprint density at radius 1 is 1.30 bits per heavy atom. The number of methoxy groups -OCH3 is 1. The molecular formula is C22H28N4O4. The van der Waals surface area contributed by atoms with E-state index in [1.165, 1.54) is 17.6 Å². The smallest absolute Gasteiger partial charge is 0.347 e. The van der Waals surface area contributed by atoms with E-state index in [0.29, 0.717) is 31.0 Å². The van der Waals surface area contributed by atoms with Gasteiger partial charge in [-0.2, -0.15) is 4.98 Å². The van der Waals surface area contributed by atoms with Gasteiger partial charge in [0.2, 0.25) is 6.41 Å². The van der Waals surface area contributed by atoms with E-state index in [4.69, 9.17) is 4.74 Å². The first-order chi connectivity index (χ1) is 14.5. The molecule has 0 unspecified atom stereocenters. The molecule has 0 bridgehead atoms. The Kier molecular flexibility index (Phi) is 7.35. The van der Waals surface area contributed by atoms with Crippen molar-refractivity contribution in [1.82, 2.24) is 14.9 Å². The molecule has 8 nitrogen and oxygen atoms in total. The third kappa shape index (κ3) is 5.13. The number of ether oxygens (including phenoxy) is 1. The van der Waals surface area contributed by atoms with E-state index in [0.717, 1.165) is 32.5 Å². The maximum Gasteiger partial charge on any atom is 0.347 e. The highest BCUT2D eigenvalue weighted by Gasteiger charge is 2.24. The number of likely N-dealkylation sites (tertiary alicyclic amines) is 1. The molecule has 1 fully saturated rings. The standard InChI is InChI=1S/C22H28N4O4/c1-16-19(21(28)30-2)20(24-22(29)23-16)26(15-27)12-6-11-25-13-9-18(10-14-25)17-7-4-3-5-8-17/h3-5,7-8,15,18H,6,9-14H2,1-2H3,(H,23,24,29). The van der Waals surface area contributed by atoms with Crippen molar-refractivity contribution in [2.45, 2.75) is 32.1 Å². The lowest BCUT2D eigenvalue weighted by molar-refractivity contribution is -0.107. The average molecular weight is 412 g/mol. The second kappa shape index (κ2) is 10.2. The van der Waals surface area contributed by atoms with Crippen LogP contribution in [-0.4, -0.2) is 60.5 Å². The van der Waals surface area contributed by atoms with Gasteiger partial charge in [-0.25, -0.2) is 9.59 Å². The lowest BCUT2D eigenvalue weighted by Crippen LogP contribution is -2.36. The highest BCUT2D eigenvalue weighted by molar-refractivity contribution is 5.98. The first-order valence-corrected chi connectivity index (χ1v) is 10.2. The molecule has 1 N–H and O–H groups in total. The monoisotopic (exact) mass is 412 g/mol. The van der Waals surface area contributed by atoms with Gasteiger partial charge < -0.3 is 14.6 Å². The summed E-state index contributed by atoms with van der Waals surface area (Å²) in [5, 5.41) is 0. The number of aromatic nitrogens is 2. The second-order valence-corrected chi connectivity index (χ2v) is 7.54. The molecule has 1 aliphatic heterocycles. The van der Waals surface area contributed by atoms with Crippen LogP contribution in [0.2, 0.25) is 0 Å². The van der Waals surface area contributed by atoms with Crippen molar-refractivity contribution in [1.29, 1.82) is 0 Å². The van der Waals surface area contributed by atoms with Crippen LogP contribution in [0.25, 0.3) is 0 Å². The van der Waals surface area contributed by atoms with Gasteiger partial charge in [-0.15, -0.1) is 0 Å². The van der Waals surface area contributed by atoms with Crippen molar-refractivity contribution >= 4 is 18.2 Å². The minimum Gasteiger partial charge on any atom is -0.465 e. The number of aryl methyl sites for hydroxylation is 1. The summed E-state index contributed by atoms with van der Waals surface area (Å²) in [5.74, 6) is 0.00160. The summed E-state index contributed by atoms with van der Waals surface area (Å²) in [5.41, 5.74) is 1.22. The number of nitrogens with one attached hydrogen (secondary N) is 1. The first kappa shape index (κ1) is 21.7. The molecular weight excluding hydrogens is 384 g/mol. The summed E-state index contributed by atoms with van der Waals surface area (Å²) in [6, 6.07) is 10.6. The van der Waals surface area contributed by atoms with Crippen LogP contribution in [0.1, 0.15) is 46.8 Å². The Morgan fingerprint density at radius 3 is 2.63 bits per heavy atom. The van der Waals surface area contributed by atoms with Crippen LogP contribution < -0.4 is 10.6 Å². The van der Waals surface area contributed by atoms with Crippen LogP contribution in [0.3, 0.4) is 0 Å². The van der Waals surface area contributed by atoms with Gasteiger partial charge in [0.1, 0.15) is 5.56 Å². The Bertz CT molecular complexity index is 920. The Morgan fingerprint density at radius 2 is 2.00 bits per heavy atom. The number of amides is 1. The summed E-state index contributed by atoms with van der Waals surface area (Å²) in [6.07, 6.45) is 3.55. The quantitative estimate of drug-likeness (QED) is 0.527. The van der Waals surface area contributed by atoms with Gasteiger partial charge in [0.15, 0.2) is 5.82 Å². The molecule has 8 heteroatoms. The van der Waals surface area contributed by atoms with E-state index in [9.17, 15) is 14.4 Å². The topological polar surface area (TPSA) is 95.6 Å². The minimum absolute atomic E-state index is 0.0425. The van der Waals surface area contributed by atoms with Gasteiger partial charge in [-0.3, -0.25) is 9.69 Å². The van der Waals surface area contributed by atoms with Crippen LogP contribution in [-0.2, 0) is 9.53 Å². The highest BCUT2D eigenvalue weighted by Crippen LogP contribution is 2.27. The number of hydrogen-bond donors (Lipinski definition) is 1. The zero-order valence-corrected chi connectivity index (χ0v) is 17.5. The number of carbonyl (C=O) groups excluding carboxylic acids is 2. The molecule has 1 saturated heterocycles. The third-order valence-electron chi connectivity index (χ3n) is 5.62. The number of piperidine rings is 1. The van der Waals surface area contributed by atoms with E-state index in [2.05, 4.69) is 39.1 Å². The van der Waals surface area contributed by atoms with Crippen molar-refractivity contribution < 1.29 is 14.3 Å². The lowest BCUT2D eigenvalue weighted by atomic mass is 9.89. The van der Waals surface area contributed by atoms with Crippen LogP contribution in [0.5, 0.6) is 0 Å². The number of esters is 1. The molecule has 1 aliphatic rings. The first-order valence-electron chi connectivity index (χ1n) is 10.2. The summed E-state index contributed by atoms with van der Waals surface area (Å²) >= 11 is 0. The van der Waals surface area contributed by atoms with Gasteiger partial charge in [0.25, 0.3) is 0 Å². The predicted molar refractivity (Wildman–Crippen MR) is 114 cm³/mol. The summed E-state index contributed by atoms with van der Waals surface area (Å²) in [6.45, 7) is 4.80. The molecule has 0 saturated carbocycles. The Labute approximate surface area is 175 Å². The summed E-state index contributed by atoms with van der Waals surface area (Å²) in [7, 11) is 1.25. The molecule has 3 rings (SSSR count). The van der Waals surface area contributed by atoms with Gasteiger partial charge in [0.05, 0.1) is 7.11 Å². The number of aromatic amines is 1. The molecule has 0 aliphatic carbocycles. The van der Waals surface area contributed by atoms with Crippen LogP contribution in [0.4, 0.5) is 5.82 Å². The van der Waals surface area contributed by atoms with E-state index < -0.39 is 11.7 Å². The molecule has 1 aromatic heterocycles. The molecule has 2 aromatic rings. The number of H-pyrrole nitrogens is 1. The number of nitrogens with zero attached hydrogens (tertiary/aromatic N) is 3. The maximum absolute atomic E-state index is 12.1. The fourth-order valence-corrected chi connectivity index (χ4v) is 4.01. The van der Waals surface area contributed by atoms with Gasteiger partial charge in [-0.05, 0) is 57.3 Å². The van der Waals surface area contributed by atoms with Crippen molar-refractivity contribution in [3.8, 4) is 0 Å². The molecule has 1 amide bonds. The van der Waals surface area contributed by atoms with E-state index >= 15 is 0 Å². The molecule has 0 atom stereocenters. The second-order valence-electron chi connectivity index (χ2n) is 7.54. The number of benzene rings is 1. The fourth-order valence-electron chi connectivity index (χ4n) is 4.01. The predicted octanol–water partition coefficient (Wildman–Crippen LogP) is 2.10. The van der Waals surface area contributed by atoms with E-state index in [1.807, 2.05) is 6.07 Å². The fraction of sp³-hybridized carbons (Fsp3) is 0.455. The zero-order chi connectivity index (χ0) is 21.5.